The molecule has 0 fully saturated rings. The van der Waals surface area contributed by atoms with Crippen molar-refractivity contribution >= 4 is 35.5 Å². The first-order chi connectivity index (χ1) is 11.8. The van der Waals surface area contributed by atoms with E-state index in [1.165, 1.54) is 24.3 Å². The predicted octanol–water partition coefficient (Wildman–Crippen LogP) is 1.31. The molecule has 1 unspecified atom stereocenters. The molecule has 3 rings (SSSR count). The Bertz CT molecular complexity index is 795. The predicted molar refractivity (Wildman–Crippen MR) is 90.6 cm³/mol. The Morgan fingerprint density at radius 3 is 2.24 bits per heavy atom. The van der Waals surface area contributed by atoms with Gasteiger partial charge in [-0.2, -0.15) is 0 Å². The number of nitrogens with zero attached hydrogens (tertiary/aromatic N) is 1. The monoisotopic (exact) mass is 360 g/mol. The molecule has 0 aliphatic carbocycles. The van der Waals surface area contributed by atoms with Crippen molar-refractivity contribution in [3.05, 3.63) is 46.5 Å². The number of methoxy groups -OCH3 is 1. The van der Waals surface area contributed by atoms with E-state index in [4.69, 9.17) is 4.74 Å². The number of fused-ring (bicyclic) bond motifs is 1. The van der Waals surface area contributed by atoms with Gasteiger partial charge in [0.15, 0.2) is 0 Å². The zero-order valence-corrected chi connectivity index (χ0v) is 14.7. The molecule has 0 saturated heterocycles. The number of thioether (sulfide) groups is 1. The lowest BCUT2D eigenvalue weighted by Gasteiger charge is -2.29. The lowest BCUT2D eigenvalue weighted by Crippen LogP contribution is -2.53. The van der Waals surface area contributed by atoms with Gasteiger partial charge in [0, 0.05) is 10.2 Å². The van der Waals surface area contributed by atoms with Crippen LogP contribution in [-0.2, 0) is 14.3 Å². The van der Waals surface area contributed by atoms with Crippen LogP contribution in [-0.4, -0.2) is 46.5 Å². The zero-order valence-electron chi connectivity index (χ0n) is 13.9. The highest BCUT2D eigenvalue weighted by Gasteiger charge is 2.45. The van der Waals surface area contributed by atoms with Crippen molar-refractivity contribution in [1.29, 1.82) is 0 Å². The molecule has 7 nitrogen and oxygen atoms in total. The summed E-state index contributed by atoms with van der Waals surface area (Å²) in [5, 5.41) is 4.01. The number of nitrogens with one attached hydrogen (secondary N) is 1. The Labute approximate surface area is 148 Å². The van der Waals surface area contributed by atoms with Crippen LogP contribution < -0.4 is 5.32 Å². The second kappa shape index (κ2) is 6.03. The van der Waals surface area contributed by atoms with E-state index in [-0.39, 0.29) is 16.8 Å². The number of carbonyl (C=O) groups excluding carboxylic acids is 4. The summed E-state index contributed by atoms with van der Waals surface area (Å²) in [4.78, 5) is 50.6. The Hall–Kier alpha value is -2.61. The van der Waals surface area contributed by atoms with Gasteiger partial charge < -0.3 is 10.1 Å². The maximum atomic E-state index is 12.6. The average Bonchev–Trinajstić information content (AvgIpc) is 2.77. The molecule has 0 aromatic heterocycles. The molecule has 130 valence electrons. The highest BCUT2D eigenvalue weighted by Crippen LogP contribution is 2.36. The van der Waals surface area contributed by atoms with Crippen molar-refractivity contribution in [2.75, 3.05) is 7.11 Å². The standard InChI is InChI=1S/C17H16N2O5S/c1-17(2)12(16(23)24-3)18-13(20)11(8-25-17)19-14(21)9-6-4-5-7-10(9)15(19)22/h4-8,12H,1-3H3,(H,18,20). The first kappa shape index (κ1) is 17.2. The minimum absolute atomic E-state index is 0.101. The zero-order chi connectivity index (χ0) is 18.4. The second-order valence-corrected chi connectivity index (χ2v) is 7.67. The first-order valence-electron chi connectivity index (χ1n) is 7.52. The Kier molecular flexibility index (Phi) is 4.16. The molecule has 1 N–H and O–H groups in total. The van der Waals surface area contributed by atoms with Gasteiger partial charge in [-0.3, -0.25) is 14.4 Å². The summed E-state index contributed by atoms with van der Waals surface area (Å²) in [6, 6.07) is 5.47. The maximum Gasteiger partial charge on any atom is 0.329 e. The molecule has 1 aromatic rings. The van der Waals surface area contributed by atoms with Gasteiger partial charge in [0.1, 0.15) is 11.7 Å². The molecule has 0 radical (unpaired) electrons. The van der Waals surface area contributed by atoms with Crippen LogP contribution in [0.25, 0.3) is 0 Å². The fourth-order valence-corrected chi connectivity index (χ4v) is 3.65. The molecule has 2 aliphatic rings. The number of hydrogen-bond acceptors (Lipinski definition) is 6. The van der Waals surface area contributed by atoms with Crippen LogP contribution in [0.5, 0.6) is 0 Å². The van der Waals surface area contributed by atoms with Gasteiger partial charge in [-0.05, 0) is 26.0 Å². The van der Waals surface area contributed by atoms with Crippen LogP contribution in [0, 0.1) is 0 Å². The summed E-state index contributed by atoms with van der Waals surface area (Å²) in [6.45, 7) is 3.53. The number of hydrogen-bond donors (Lipinski definition) is 1. The molecule has 3 amide bonds. The number of benzene rings is 1. The van der Waals surface area contributed by atoms with Crippen molar-refractivity contribution in [2.24, 2.45) is 0 Å². The third-order valence-electron chi connectivity index (χ3n) is 4.15. The summed E-state index contributed by atoms with van der Waals surface area (Å²) in [5.74, 6) is -2.39. The average molecular weight is 360 g/mol. The first-order valence-corrected chi connectivity index (χ1v) is 8.40. The minimum Gasteiger partial charge on any atom is -0.467 e. The van der Waals surface area contributed by atoms with Crippen molar-refractivity contribution < 1.29 is 23.9 Å². The van der Waals surface area contributed by atoms with E-state index in [0.717, 1.165) is 4.90 Å². The van der Waals surface area contributed by atoms with Gasteiger partial charge in [-0.1, -0.05) is 12.1 Å². The molecule has 0 spiro atoms. The maximum absolute atomic E-state index is 12.6. The molecule has 0 bridgehead atoms. The molecule has 0 saturated carbocycles. The summed E-state index contributed by atoms with van der Waals surface area (Å²) >= 11 is 1.18. The normalized spacial score (nSPS) is 22.0. The fourth-order valence-electron chi connectivity index (χ4n) is 2.73. The van der Waals surface area contributed by atoms with Gasteiger partial charge in [-0.15, -0.1) is 11.8 Å². The van der Waals surface area contributed by atoms with Crippen LogP contribution in [0.15, 0.2) is 35.4 Å². The van der Waals surface area contributed by atoms with Crippen LogP contribution in [0.3, 0.4) is 0 Å². The number of imide groups is 1. The van der Waals surface area contributed by atoms with E-state index in [1.54, 1.807) is 38.1 Å². The van der Waals surface area contributed by atoms with Gasteiger partial charge in [0.05, 0.1) is 18.2 Å². The highest BCUT2D eigenvalue weighted by molar-refractivity contribution is 8.03. The third kappa shape index (κ3) is 2.72. The summed E-state index contributed by atoms with van der Waals surface area (Å²) in [7, 11) is 1.23. The van der Waals surface area contributed by atoms with Crippen LogP contribution in [0.2, 0.25) is 0 Å². The third-order valence-corrected chi connectivity index (χ3v) is 5.33. The minimum atomic E-state index is -0.918. The lowest BCUT2D eigenvalue weighted by molar-refractivity contribution is -0.145. The van der Waals surface area contributed by atoms with E-state index in [0.29, 0.717) is 0 Å². The lowest BCUT2D eigenvalue weighted by atomic mass is 10.0. The fraction of sp³-hybridized carbons (Fsp3) is 0.294. The molecule has 1 atom stereocenters. The van der Waals surface area contributed by atoms with Crippen LogP contribution in [0.4, 0.5) is 0 Å². The molecule has 25 heavy (non-hydrogen) atoms. The molecule has 2 heterocycles. The van der Waals surface area contributed by atoms with Gasteiger partial charge in [0.2, 0.25) is 0 Å². The number of rotatable bonds is 2. The van der Waals surface area contributed by atoms with E-state index in [1.807, 2.05) is 0 Å². The molecular formula is C17H16N2O5S. The van der Waals surface area contributed by atoms with Gasteiger partial charge in [-0.25, -0.2) is 9.69 Å². The summed E-state index contributed by atoms with van der Waals surface area (Å²) < 4.78 is 4.03. The van der Waals surface area contributed by atoms with Crippen LogP contribution in [0.1, 0.15) is 34.6 Å². The Morgan fingerprint density at radius 1 is 1.16 bits per heavy atom. The highest BCUT2D eigenvalue weighted by atomic mass is 32.2. The number of carbonyl (C=O) groups is 4. The molecule has 8 heteroatoms. The summed E-state index contributed by atoms with van der Waals surface area (Å²) in [5.41, 5.74) is 0.397. The van der Waals surface area contributed by atoms with E-state index in [9.17, 15) is 19.2 Å². The number of amides is 3. The van der Waals surface area contributed by atoms with Crippen molar-refractivity contribution in [2.45, 2.75) is 24.6 Å². The van der Waals surface area contributed by atoms with E-state index < -0.39 is 34.5 Å². The number of esters is 1. The second-order valence-electron chi connectivity index (χ2n) is 6.15. The molecule has 1 aromatic carbocycles. The van der Waals surface area contributed by atoms with E-state index in [2.05, 4.69) is 5.32 Å². The topological polar surface area (TPSA) is 92.8 Å². The quantitative estimate of drug-likeness (QED) is 0.631. The Balaban J connectivity index is 1.98. The van der Waals surface area contributed by atoms with Gasteiger partial charge >= 0.3 is 5.97 Å². The van der Waals surface area contributed by atoms with Gasteiger partial charge in [0.25, 0.3) is 17.7 Å². The van der Waals surface area contributed by atoms with Crippen LogP contribution >= 0.6 is 11.8 Å². The molecule has 2 aliphatic heterocycles. The molecular weight excluding hydrogens is 344 g/mol. The summed E-state index contributed by atoms with van der Waals surface area (Å²) in [6.07, 6.45) is 0. The smallest absolute Gasteiger partial charge is 0.329 e. The largest absolute Gasteiger partial charge is 0.467 e. The Morgan fingerprint density at radius 2 is 1.72 bits per heavy atom. The van der Waals surface area contributed by atoms with E-state index >= 15 is 0 Å². The SMILES string of the molecule is COC(=O)C1NC(=O)C(N2C(=O)c3ccccc3C2=O)=CSC1(C)C. The van der Waals surface area contributed by atoms with Crippen molar-refractivity contribution in [3.8, 4) is 0 Å². The van der Waals surface area contributed by atoms with Crippen molar-refractivity contribution in [3.63, 3.8) is 0 Å². The number of ether oxygens (including phenoxy) is 1. The van der Waals surface area contributed by atoms with Crippen molar-refractivity contribution in [1.82, 2.24) is 10.2 Å².